The van der Waals surface area contributed by atoms with Gasteiger partial charge in [0.15, 0.2) is 11.7 Å². The Bertz CT molecular complexity index is 897. The van der Waals surface area contributed by atoms with E-state index in [1.165, 1.54) is 0 Å². The molecule has 2 aromatic carbocycles. The van der Waals surface area contributed by atoms with Crippen molar-refractivity contribution in [2.24, 2.45) is 0 Å². The highest BCUT2D eigenvalue weighted by atomic mass is 35.5. The molecule has 140 valence electrons. The fourth-order valence-electron chi connectivity index (χ4n) is 2.42. The lowest BCUT2D eigenvalue weighted by molar-refractivity contribution is -0.121. The quantitative estimate of drug-likeness (QED) is 0.548. The summed E-state index contributed by atoms with van der Waals surface area (Å²) in [7, 11) is 0. The topological polar surface area (TPSA) is 64.4 Å². The van der Waals surface area contributed by atoms with Crippen molar-refractivity contribution >= 4 is 29.1 Å². The molecule has 27 heavy (non-hydrogen) atoms. The first-order chi connectivity index (χ1) is 13.1. The molecule has 0 fully saturated rings. The monoisotopic (exact) mass is 404 g/mol. The Hall–Kier alpha value is -2.50. The minimum absolute atomic E-state index is 0.0871. The summed E-state index contributed by atoms with van der Waals surface area (Å²) in [5, 5.41) is 3.85. The zero-order valence-electron chi connectivity index (χ0n) is 14.5. The highest BCUT2D eigenvalue weighted by Gasteiger charge is 2.11. The van der Waals surface area contributed by atoms with Crippen LogP contribution in [0.4, 0.5) is 0 Å². The third kappa shape index (κ3) is 5.74. The molecule has 3 aromatic rings. The Morgan fingerprint density at radius 2 is 1.96 bits per heavy atom. The van der Waals surface area contributed by atoms with E-state index in [1.807, 2.05) is 30.3 Å². The van der Waals surface area contributed by atoms with E-state index in [2.05, 4.69) is 10.3 Å². The van der Waals surface area contributed by atoms with Crippen LogP contribution in [-0.2, 0) is 11.2 Å². The maximum atomic E-state index is 11.9. The number of amides is 1. The van der Waals surface area contributed by atoms with Gasteiger partial charge in [-0.1, -0.05) is 41.4 Å². The molecular formula is C20H18Cl2N2O3. The lowest BCUT2D eigenvalue weighted by atomic mass is 10.2. The third-order valence-electron chi connectivity index (χ3n) is 3.75. The van der Waals surface area contributed by atoms with Gasteiger partial charge in [0.25, 0.3) is 0 Å². The second kappa shape index (κ2) is 9.44. The molecule has 0 radical (unpaired) electrons. The summed E-state index contributed by atoms with van der Waals surface area (Å²) >= 11 is 12.1. The molecule has 0 bridgehead atoms. The molecular weight excluding hydrogens is 387 g/mol. The highest BCUT2D eigenvalue weighted by Crippen LogP contribution is 2.30. The van der Waals surface area contributed by atoms with Gasteiger partial charge in [-0.25, -0.2) is 4.98 Å². The van der Waals surface area contributed by atoms with E-state index in [1.54, 1.807) is 24.4 Å². The first-order valence-corrected chi connectivity index (χ1v) is 9.22. The Kier molecular flexibility index (Phi) is 6.74. The molecule has 0 aliphatic heterocycles. The van der Waals surface area contributed by atoms with Crippen LogP contribution in [0.2, 0.25) is 10.0 Å². The highest BCUT2D eigenvalue weighted by molar-refractivity contribution is 6.36. The van der Waals surface area contributed by atoms with Crippen LogP contribution in [-0.4, -0.2) is 24.0 Å². The Labute approximate surface area is 167 Å². The molecule has 5 nitrogen and oxygen atoms in total. The number of ether oxygens (including phenoxy) is 1. The van der Waals surface area contributed by atoms with Gasteiger partial charge in [-0.2, -0.15) is 0 Å². The second-order valence-electron chi connectivity index (χ2n) is 5.75. The third-order valence-corrected chi connectivity index (χ3v) is 4.30. The van der Waals surface area contributed by atoms with E-state index >= 15 is 0 Å². The Morgan fingerprint density at radius 1 is 1.15 bits per heavy atom. The van der Waals surface area contributed by atoms with Crippen LogP contribution >= 0.6 is 23.2 Å². The van der Waals surface area contributed by atoms with Crippen molar-refractivity contribution in [1.82, 2.24) is 10.3 Å². The fraction of sp³-hybridized carbons (Fsp3) is 0.200. The summed E-state index contributed by atoms with van der Waals surface area (Å²) in [6.45, 7) is 0.846. The number of rotatable bonds is 8. The smallest absolute Gasteiger partial charge is 0.220 e. The van der Waals surface area contributed by atoms with Crippen LogP contribution in [0.1, 0.15) is 12.3 Å². The Balaban J connectivity index is 1.42. The fourth-order valence-corrected chi connectivity index (χ4v) is 2.93. The number of benzene rings is 2. The van der Waals surface area contributed by atoms with E-state index in [0.717, 1.165) is 5.75 Å². The molecule has 3 rings (SSSR count). The van der Waals surface area contributed by atoms with Gasteiger partial charge in [0.2, 0.25) is 5.91 Å². The molecule has 1 N–H and O–H groups in total. The van der Waals surface area contributed by atoms with Crippen LogP contribution in [0, 0.1) is 0 Å². The molecule has 0 saturated heterocycles. The number of nitrogens with zero attached hydrogens (tertiary/aromatic N) is 1. The van der Waals surface area contributed by atoms with Gasteiger partial charge < -0.3 is 14.5 Å². The molecule has 0 aliphatic rings. The molecule has 0 unspecified atom stereocenters. The summed E-state index contributed by atoms with van der Waals surface area (Å²) in [6, 6.07) is 14.6. The van der Waals surface area contributed by atoms with Crippen LogP contribution < -0.4 is 10.1 Å². The average Bonchev–Trinajstić information content (AvgIpc) is 3.13. The maximum Gasteiger partial charge on any atom is 0.220 e. The minimum Gasteiger partial charge on any atom is -0.492 e. The van der Waals surface area contributed by atoms with Crippen LogP contribution in [0.25, 0.3) is 11.3 Å². The number of aromatic nitrogens is 1. The molecule has 1 aromatic heterocycles. The van der Waals surface area contributed by atoms with Crippen molar-refractivity contribution in [3.63, 3.8) is 0 Å². The zero-order valence-corrected chi connectivity index (χ0v) is 16.0. The van der Waals surface area contributed by atoms with Gasteiger partial charge in [0.1, 0.15) is 12.4 Å². The number of para-hydroxylation sites is 1. The molecule has 0 aliphatic carbocycles. The lowest BCUT2D eigenvalue weighted by Crippen LogP contribution is -2.28. The molecule has 0 spiro atoms. The number of halogens is 2. The predicted molar refractivity (Wildman–Crippen MR) is 105 cm³/mol. The number of nitrogens with one attached hydrogen (secondary N) is 1. The van der Waals surface area contributed by atoms with Crippen molar-refractivity contribution in [3.8, 4) is 17.1 Å². The summed E-state index contributed by atoms with van der Waals surface area (Å²) in [6.07, 6.45) is 2.27. The lowest BCUT2D eigenvalue weighted by Gasteiger charge is -2.07. The van der Waals surface area contributed by atoms with Gasteiger partial charge in [-0.15, -0.1) is 0 Å². The van der Waals surface area contributed by atoms with E-state index in [4.69, 9.17) is 32.4 Å². The minimum atomic E-state index is -0.0871. The van der Waals surface area contributed by atoms with E-state index in [0.29, 0.717) is 46.8 Å². The summed E-state index contributed by atoms with van der Waals surface area (Å²) < 4.78 is 11.2. The molecule has 7 heteroatoms. The van der Waals surface area contributed by atoms with Gasteiger partial charge in [-0.05, 0) is 30.3 Å². The molecule has 0 saturated carbocycles. The summed E-state index contributed by atoms with van der Waals surface area (Å²) in [5.41, 5.74) is 0.710. The normalized spacial score (nSPS) is 10.6. The maximum absolute atomic E-state index is 11.9. The van der Waals surface area contributed by atoms with E-state index in [-0.39, 0.29) is 12.3 Å². The van der Waals surface area contributed by atoms with Crippen molar-refractivity contribution in [1.29, 1.82) is 0 Å². The van der Waals surface area contributed by atoms with Crippen molar-refractivity contribution in [2.45, 2.75) is 12.8 Å². The van der Waals surface area contributed by atoms with Gasteiger partial charge >= 0.3 is 0 Å². The first-order valence-electron chi connectivity index (χ1n) is 8.46. The summed E-state index contributed by atoms with van der Waals surface area (Å²) in [5.74, 6) is 1.71. The van der Waals surface area contributed by atoms with Gasteiger partial charge in [0, 0.05) is 23.4 Å². The number of hydrogen-bond acceptors (Lipinski definition) is 4. The SMILES string of the molecule is O=C(CCc1ncc(-c2ccc(Cl)cc2Cl)o1)NCCOc1ccccc1. The largest absolute Gasteiger partial charge is 0.492 e. The van der Waals surface area contributed by atoms with Crippen molar-refractivity contribution in [3.05, 3.63) is 70.7 Å². The van der Waals surface area contributed by atoms with Gasteiger partial charge in [0.05, 0.1) is 17.8 Å². The summed E-state index contributed by atoms with van der Waals surface area (Å²) in [4.78, 5) is 16.1. The van der Waals surface area contributed by atoms with E-state index < -0.39 is 0 Å². The predicted octanol–water partition coefficient (Wildman–Crippen LogP) is 4.78. The standard InChI is InChI=1S/C20H18Cl2N2O3/c21-14-6-7-16(17(22)12-14)18-13-24-20(27-18)9-8-19(25)23-10-11-26-15-4-2-1-3-5-15/h1-7,12-13H,8-11H2,(H,23,25). The number of carbonyl (C=O) groups excluding carboxylic acids is 1. The van der Waals surface area contributed by atoms with Crippen LogP contribution in [0.3, 0.4) is 0 Å². The zero-order chi connectivity index (χ0) is 19.1. The van der Waals surface area contributed by atoms with Gasteiger partial charge in [-0.3, -0.25) is 4.79 Å². The average molecular weight is 405 g/mol. The Morgan fingerprint density at radius 3 is 2.74 bits per heavy atom. The molecule has 1 heterocycles. The molecule has 0 atom stereocenters. The van der Waals surface area contributed by atoms with E-state index in [9.17, 15) is 4.79 Å². The number of hydrogen-bond donors (Lipinski definition) is 1. The van der Waals surface area contributed by atoms with Crippen molar-refractivity contribution in [2.75, 3.05) is 13.2 Å². The van der Waals surface area contributed by atoms with Crippen LogP contribution in [0.5, 0.6) is 5.75 Å². The number of aryl methyl sites for hydroxylation is 1. The van der Waals surface area contributed by atoms with Crippen LogP contribution in [0.15, 0.2) is 59.1 Å². The van der Waals surface area contributed by atoms with Crippen molar-refractivity contribution < 1.29 is 13.9 Å². The molecule has 1 amide bonds. The first kappa shape index (κ1) is 19.3. The number of carbonyl (C=O) groups is 1. The number of oxazole rings is 1. The second-order valence-corrected chi connectivity index (χ2v) is 6.60.